The Morgan fingerprint density at radius 3 is 3.04 bits per heavy atom. The van der Waals surface area contributed by atoms with Gasteiger partial charge in [-0.05, 0) is 36.1 Å². The van der Waals surface area contributed by atoms with Crippen molar-refractivity contribution in [2.24, 2.45) is 17.6 Å². The number of hydrogen-bond acceptors (Lipinski definition) is 5. The molecule has 0 aliphatic carbocycles. The van der Waals surface area contributed by atoms with Crippen molar-refractivity contribution in [2.75, 3.05) is 18.1 Å². The topological polar surface area (TPSA) is 44.5 Å². The first kappa shape index (κ1) is 18.1. The van der Waals surface area contributed by atoms with Crippen LogP contribution in [0.2, 0.25) is 0 Å². The molecule has 3 unspecified atom stereocenters. The smallest absolute Gasteiger partial charge is 0.151 e. The van der Waals surface area contributed by atoms with Gasteiger partial charge in [0, 0.05) is 33.6 Å². The van der Waals surface area contributed by atoms with Crippen molar-refractivity contribution in [1.82, 2.24) is 0 Å². The van der Waals surface area contributed by atoms with E-state index in [1.165, 1.54) is 15.4 Å². The highest BCUT2D eigenvalue weighted by atomic mass is 32.2. The molecule has 2 N–H and O–H groups in total. The van der Waals surface area contributed by atoms with E-state index >= 15 is 0 Å². The van der Waals surface area contributed by atoms with Gasteiger partial charge in [-0.2, -0.15) is 0 Å². The molecule has 2 heterocycles. The van der Waals surface area contributed by atoms with Crippen LogP contribution < -0.4 is 15.2 Å². The summed E-state index contributed by atoms with van der Waals surface area (Å²) in [4.78, 5) is 2.47. The van der Waals surface area contributed by atoms with Gasteiger partial charge in [0.15, 0.2) is 6.23 Å². The molecule has 0 bridgehead atoms. The third-order valence-corrected chi connectivity index (χ3v) is 7.55. The number of hydrogen-bond donors (Lipinski definition) is 1. The SMILES string of the molecule is CC(CSc1cccc2c1OCC2)CC1CSc2ccccc2OC1N. The minimum atomic E-state index is -0.233. The van der Waals surface area contributed by atoms with Gasteiger partial charge in [0.1, 0.15) is 11.5 Å². The average Bonchev–Trinajstić information content (AvgIpc) is 3.07. The molecule has 0 spiro atoms. The highest BCUT2D eigenvalue weighted by molar-refractivity contribution is 7.99. The van der Waals surface area contributed by atoms with E-state index in [0.29, 0.717) is 11.8 Å². The summed E-state index contributed by atoms with van der Waals surface area (Å²) >= 11 is 3.77. The van der Waals surface area contributed by atoms with Crippen LogP contribution in [0.5, 0.6) is 11.5 Å². The van der Waals surface area contributed by atoms with Gasteiger partial charge in [-0.1, -0.05) is 31.2 Å². The molecule has 0 aromatic heterocycles. The van der Waals surface area contributed by atoms with Crippen molar-refractivity contribution in [3.05, 3.63) is 48.0 Å². The molecule has 0 amide bonds. The van der Waals surface area contributed by atoms with Crippen LogP contribution in [0.1, 0.15) is 18.9 Å². The van der Waals surface area contributed by atoms with E-state index in [1.54, 1.807) is 0 Å². The Labute approximate surface area is 164 Å². The van der Waals surface area contributed by atoms with Crippen molar-refractivity contribution in [2.45, 2.75) is 35.8 Å². The molecule has 2 aliphatic rings. The van der Waals surface area contributed by atoms with E-state index < -0.39 is 0 Å². The first-order valence-electron chi connectivity index (χ1n) is 9.22. The molecule has 3 nitrogen and oxygen atoms in total. The minimum absolute atomic E-state index is 0.233. The van der Waals surface area contributed by atoms with Gasteiger partial charge < -0.3 is 9.47 Å². The van der Waals surface area contributed by atoms with Crippen molar-refractivity contribution >= 4 is 23.5 Å². The van der Waals surface area contributed by atoms with Gasteiger partial charge in [-0.15, -0.1) is 23.5 Å². The Balaban J connectivity index is 1.34. The number of rotatable bonds is 5. The largest absolute Gasteiger partial charge is 0.492 e. The van der Waals surface area contributed by atoms with Gasteiger partial charge in [0.05, 0.1) is 6.61 Å². The van der Waals surface area contributed by atoms with Crippen molar-refractivity contribution in [3.63, 3.8) is 0 Å². The molecule has 138 valence electrons. The van der Waals surface area contributed by atoms with Gasteiger partial charge in [0.25, 0.3) is 0 Å². The average molecular weight is 388 g/mol. The first-order chi connectivity index (χ1) is 12.7. The Morgan fingerprint density at radius 2 is 2.12 bits per heavy atom. The third kappa shape index (κ3) is 4.00. The fourth-order valence-electron chi connectivity index (χ4n) is 3.52. The summed E-state index contributed by atoms with van der Waals surface area (Å²) in [6.45, 7) is 3.13. The molecule has 0 saturated carbocycles. The fourth-order valence-corrected chi connectivity index (χ4v) is 5.77. The number of nitrogens with two attached hydrogens (primary N) is 1. The second-order valence-electron chi connectivity index (χ2n) is 7.10. The van der Waals surface area contributed by atoms with E-state index in [1.807, 2.05) is 35.7 Å². The summed E-state index contributed by atoms with van der Waals surface area (Å²) in [7, 11) is 0. The van der Waals surface area contributed by atoms with E-state index in [-0.39, 0.29) is 6.23 Å². The highest BCUT2D eigenvalue weighted by Crippen LogP contribution is 2.39. The van der Waals surface area contributed by atoms with Crippen LogP contribution in [0.3, 0.4) is 0 Å². The number of para-hydroxylation sites is 2. The zero-order valence-corrected chi connectivity index (χ0v) is 16.7. The Kier molecular flexibility index (Phi) is 5.67. The van der Waals surface area contributed by atoms with E-state index in [2.05, 4.69) is 37.3 Å². The van der Waals surface area contributed by atoms with E-state index in [4.69, 9.17) is 15.2 Å². The molecule has 0 saturated heterocycles. The van der Waals surface area contributed by atoms with Crippen LogP contribution in [-0.4, -0.2) is 24.3 Å². The summed E-state index contributed by atoms with van der Waals surface area (Å²) in [6.07, 6.45) is 1.87. The lowest BCUT2D eigenvalue weighted by Crippen LogP contribution is -2.37. The van der Waals surface area contributed by atoms with Crippen molar-refractivity contribution in [3.8, 4) is 11.5 Å². The van der Waals surface area contributed by atoms with Crippen LogP contribution in [-0.2, 0) is 6.42 Å². The third-order valence-electron chi connectivity index (χ3n) is 4.94. The molecule has 2 aliphatic heterocycles. The Hall–Kier alpha value is -1.30. The number of benzene rings is 2. The summed E-state index contributed by atoms with van der Waals surface area (Å²) in [5, 5.41) is 0. The van der Waals surface area contributed by atoms with Crippen LogP contribution in [0.25, 0.3) is 0 Å². The van der Waals surface area contributed by atoms with Gasteiger partial charge in [0.2, 0.25) is 0 Å². The summed E-state index contributed by atoms with van der Waals surface area (Å²) in [5.41, 5.74) is 7.70. The van der Waals surface area contributed by atoms with Gasteiger partial charge in [-0.3, -0.25) is 5.73 Å². The molecule has 3 atom stereocenters. The van der Waals surface area contributed by atoms with Gasteiger partial charge >= 0.3 is 0 Å². The standard InChI is InChI=1S/C21H25NO2S2/c1-14(12-25-19-8-4-5-15-9-10-23-20(15)19)11-16-13-26-18-7-3-2-6-17(18)24-21(16)22/h2-8,14,16,21H,9-13,22H2,1H3. The summed E-state index contributed by atoms with van der Waals surface area (Å²) in [6, 6.07) is 14.7. The number of ether oxygens (including phenoxy) is 2. The highest BCUT2D eigenvalue weighted by Gasteiger charge is 2.27. The minimum Gasteiger partial charge on any atom is -0.492 e. The lowest BCUT2D eigenvalue weighted by Gasteiger charge is -2.24. The summed E-state index contributed by atoms with van der Waals surface area (Å²) < 4.78 is 11.8. The Bertz CT molecular complexity index is 767. The zero-order chi connectivity index (χ0) is 17.9. The Morgan fingerprint density at radius 1 is 1.23 bits per heavy atom. The number of fused-ring (bicyclic) bond motifs is 2. The second kappa shape index (κ2) is 8.15. The predicted octanol–water partition coefficient (Wildman–Crippen LogP) is 4.83. The van der Waals surface area contributed by atoms with Crippen LogP contribution in [0.4, 0.5) is 0 Å². The van der Waals surface area contributed by atoms with E-state index in [0.717, 1.165) is 42.5 Å². The molecule has 26 heavy (non-hydrogen) atoms. The lowest BCUT2D eigenvalue weighted by atomic mass is 9.97. The number of thioether (sulfide) groups is 2. The molecule has 2 aromatic rings. The summed E-state index contributed by atoms with van der Waals surface area (Å²) in [5.74, 6) is 5.04. The second-order valence-corrected chi connectivity index (χ2v) is 9.22. The van der Waals surface area contributed by atoms with Gasteiger partial charge in [-0.25, -0.2) is 0 Å². The molecule has 5 heteroatoms. The van der Waals surface area contributed by atoms with Crippen molar-refractivity contribution in [1.29, 1.82) is 0 Å². The quantitative estimate of drug-likeness (QED) is 0.745. The monoisotopic (exact) mass is 387 g/mol. The predicted molar refractivity (Wildman–Crippen MR) is 109 cm³/mol. The first-order valence-corrected chi connectivity index (χ1v) is 11.2. The van der Waals surface area contributed by atoms with Crippen molar-refractivity contribution < 1.29 is 9.47 Å². The molecule has 0 radical (unpaired) electrons. The lowest BCUT2D eigenvalue weighted by molar-refractivity contribution is 0.138. The van der Waals surface area contributed by atoms with Crippen LogP contribution in [0, 0.1) is 11.8 Å². The van der Waals surface area contributed by atoms with Crippen LogP contribution in [0.15, 0.2) is 52.3 Å². The maximum Gasteiger partial charge on any atom is 0.151 e. The van der Waals surface area contributed by atoms with E-state index in [9.17, 15) is 0 Å². The normalized spacial score (nSPS) is 22.5. The molecular formula is C21H25NO2S2. The van der Waals surface area contributed by atoms with Crippen LogP contribution >= 0.6 is 23.5 Å². The molecule has 2 aromatic carbocycles. The maximum absolute atomic E-state index is 6.36. The fraction of sp³-hybridized carbons (Fsp3) is 0.429. The molecular weight excluding hydrogens is 362 g/mol. The molecule has 4 rings (SSSR count). The molecule has 0 fully saturated rings. The maximum atomic E-state index is 6.36. The zero-order valence-electron chi connectivity index (χ0n) is 15.0.